The van der Waals surface area contributed by atoms with E-state index in [-0.39, 0.29) is 5.22 Å². The zero-order valence-corrected chi connectivity index (χ0v) is 13.8. The molecule has 1 atom stereocenters. The smallest absolute Gasteiger partial charge is 0.321 e. The maximum Gasteiger partial charge on any atom is 0.321 e. The third kappa shape index (κ3) is 3.25. The first-order valence-electron chi connectivity index (χ1n) is 7.17. The Hall–Kier alpha value is -2.81. The molecule has 3 aromatic rings. The number of nitrogens with zero attached hydrogens (tertiary/aromatic N) is 2. The second-order valence-corrected chi connectivity index (χ2v) is 6.24. The minimum Gasteiger partial charge on any atom is -0.411 e. The van der Waals surface area contributed by atoms with Crippen LogP contribution in [0, 0.1) is 0 Å². The number of H-pyrrole nitrogens is 1. The van der Waals surface area contributed by atoms with Crippen LogP contribution in [0.15, 0.2) is 40.1 Å². The Labute approximate surface area is 141 Å². The van der Waals surface area contributed by atoms with Gasteiger partial charge in [0.2, 0.25) is 5.91 Å². The van der Waals surface area contributed by atoms with Crippen molar-refractivity contribution in [3.63, 3.8) is 0 Å². The van der Waals surface area contributed by atoms with E-state index in [4.69, 9.17) is 4.42 Å². The van der Waals surface area contributed by atoms with Crippen molar-refractivity contribution in [2.24, 2.45) is 0 Å². The van der Waals surface area contributed by atoms with Gasteiger partial charge in [-0.3, -0.25) is 10.1 Å². The van der Waals surface area contributed by atoms with E-state index in [1.165, 1.54) is 7.05 Å². The number of thioether (sulfide) groups is 1. The highest BCUT2D eigenvalue weighted by Crippen LogP contribution is 2.30. The van der Waals surface area contributed by atoms with E-state index in [9.17, 15) is 9.59 Å². The van der Waals surface area contributed by atoms with E-state index in [1.54, 1.807) is 13.1 Å². The zero-order chi connectivity index (χ0) is 17.1. The van der Waals surface area contributed by atoms with Gasteiger partial charge >= 0.3 is 6.03 Å². The number of para-hydroxylation sites is 1. The molecule has 0 bridgehead atoms. The number of fused-ring (bicyclic) bond motifs is 1. The molecule has 0 aliphatic heterocycles. The number of amides is 3. The van der Waals surface area contributed by atoms with E-state index in [0.29, 0.717) is 5.89 Å². The fraction of sp³-hybridized carbons (Fsp3) is 0.200. The topological polar surface area (TPSA) is 113 Å². The Morgan fingerprint density at radius 3 is 2.88 bits per heavy atom. The van der Waals surface area contributed by atoms with Crippen LogP contribution < -0.4 is 10.6 Å². The van der Waals surface area contributed by atoms with Crippen molar-refractivity contribution in [1.29, 1.82) is 0 Å². The monoisotopic (exact) mass is 345 g/mol. The normalized spacial score (nSPS) is 12.1. The standard InChI is InChI=1S/C15H15N5O3S/c1-8(12(21)18-14(22)16-2)24-15-20-19-13(23-15)10-7-17-11-6-4-3-5-9(10)11/h3-8,17H,1-2H3,(H2,16,18,21,22). The molecule has 0 spiro atoms. The Kier molecular flexibility index (Phi) is 4.52. The first kappa shape index (κ1) is 16.1. The van der Waals surface area contributed by atoms with Gasteiger partial charge in [-0.15, -0.1) is 10.2 Å². The number of hydrogen-bond donors (Lipinski definition) is 3. The Bertz CT molecular complexity index is 888. The molecule has 1 unspecified atom stereocenters. The minimum absolute atomic E-state index is 0.259. The van der Waals surface area contributed by atoms with Crippen molar-refractivity contribution in [2.45, 2.75) is 17.4 Å². The molecule has 0 saturated carbocycles. The molecule has 3 rings (SSSR count). The van der Waals surface area contributed by atoms with Gasteiger partial charge in [0.25, 0.3) is 11.1 Å². The van der Waals surface area contributed by atoms with Gasteiger partial charge < -0.3 is 14.7 Å². The molecule has 9 heteroatoms. The van der Waals surface area contributed by atoms with Gasteiger partial charge in [-0.25, -0.2) is 4.79 Å². The quantitative estimate of drug-likeness (QED) is 0.625. The maximum absolute atomic E-state index is 11.8. The van der Waals surface area contributed by atoms with Crippen LogP contribution in [0.25, 0.3) is 22.4 Å². The SMILES string of the molecule is CNC(=O)NC(=O)C(C)Sc1nnc(-c2c[nH]c3ccccc23)o1. The van der Waals surface area contributed by atoms with Crippen molar-refractivity contribution < 1.29 is 14.0 Å². The van der Waals surface area contributed by atoms with Gasteiger partial charge in [0.15, 0.2) is 0 Å². The van der Waals surface area contributed by atoms with Crippen LogP contribution in [0.4, 0.5) is 4.79 Å². The summed E-state index contributed by atoms with van der Waals surface area (Å²) in [5.41, 5.74) is 1.77. The van der Waals surface area contributed by atoms with Crippen molar-refractivity contribution >= 4 is 34.6 Å². The number of nitrogens with one attached hydrogen (secondary N) is 3. The molecular formula is C15H15N5O3S. The molecule has 0 aliphatic rings. The number of urea groups is 1. The lowest BCUT2D eigenvalue weighted by atomic mass is 10.2. The average molecular weight is 345 g/mol. The van der Waals surface area contributed by atoms with E-state index in [0.717, 1.165) is 28.2 Å². The number of aromatic nitrogens is 3. The fourth-order valence-electron chi connectivity index (χ4n) is 2.10. The molecule has 8 nitrogen and oxygen atoms in total. The second-order valence-electron chi connectivity index (χ2n) is 4.95. The third-order valence-corrected chi connectivity index (χ3v) is 4.27. The molecule has 0 fully saturated rings. The summed E-state index contributed by atoms with van der Waals surface area (Å²) in [5.74, 6) is -0.0694. The highest BCUT2D eigenvalue weighted by atomic mass is 32.2. The first-order chi connectivity index (χ1) is 11.6. The zero-order valence-electron chi connectivity index (χ0n) is 13.0. The lowest BCUT2D eigenvalue weighted by Gasteiger charge is -2.07. The summed E-state index contributed by atoms with van der Waals surface area (Å²) < 4.78 is 5.63. The molecule has 2 aromatic heterocycles. The van der Waals surface area contributed by atoms with E-state index < -0.39 is 17.2 Å². The van der Waals surface area contributed by atoms with Crippen molar-refractivity contribution in [3.8, 4) is 11.5 Å². The van der Waals surface area contributed by atoms with Crippen LogP contribution in [0.2, 0.25) is 0 Å². The van der Waals surface area contributed by atoms with Gasteiger partial charge in [-0.2, -0.15) is 0 Å². The predicted octanol–water partition coefficient (Wildman–Crippen LogP) is 2.15. The molecule has 3 amide bonds. The molecule has 0 radical (unpaired) electrons. The van der Waals surface area contributed by atoms with Crippen LogP contribution in [0.3, 0.4) is 0 Å². The number of aromatic amines is 1. The maximum atomic E-state index is 11.8. The summed E-state index contributed by atoms with van der Waals surface area (Å²) in [6.45, 7) is 1.65. The van der Waals surface area contributed by atoms with Crippen LogP contribution >= 0.6 is 11.8 Å². The molecule has 1 aromatic carbocycles. The highest BCUT2D eigenvalue weighted by molar-refractivity contribution is 8.00. The van der Waals surface area contributed by atoms with Crippen LogP contribution in [-0.2, 0) is 4.79 Å². The summed E-state index contributed by atoms with van der Waals surface area (Å²) >= 11 is 1.09. The molecule has 3 N–H and O–H groups in total. The number of benzene rings is 1. The van der Waals surface area contributed by atoms with E-state index >= 15 is 0 Å². The summed E-state index contributed by atoms with van der Waals surface area (Å²) in [5, 5.41) is 13.2. The Morgan fingerprint density at radius 1 is 1.29 bits per heavy atom. The molecule has 24 heavy (non-hydrogen) atoms. The van der Waals surface area contributed by atoms with E-state index in [1.807, 2.05) is 24.3 Å². The van der Waals surface area contributed by atoms with Crippen LogP contribution in [0.5, 0.6) is 0 Å². The Morgan fingerprint density at radius 2 is 2.08 bits per heavy atom. The molecule has 124 valence electrons. The van der Waals surface area contributed by atoms with Gasteiger partial charge in [0, 0.05) is 24.1 Å². The van der Waals surface area contributed by atoms with Gasteiger partial charge in [-0.1, -0.05) is 30.0 Å². The number of carbonyl (C=O) groups is 2. The number of hydrogen-bond acceptors (Lipinski definition) is 6. The summed E-state index contributed by atoms with van der Waals surface area (Å²) in [4.78, 5) is 26.1. The van der Waals surface area contributed by atoms with Crippen LogP contribution in [-0.4, -0.2) is 39.4 Å². The number of rotatable bonds is 4. The lowest BCUT2D eigenvalue weighted by molar-refractivity contribution is -0.119. The molecule has 0 saturated heterocycles. The predicted molar refractivity (Wildman–Crippen MR) is 89.5 cm³/mol. The minimum atomic E-state index is -0.558. The number of carbonyl (C=O) groups excluding carboxylic acids is 2. The van der Waals surface area contributed by atoms with Gasteiger partial charge in [-0.05, 0) is 13.0 Å². The summed E-state index contributed by atoms with van der Waals surface area (Å²) in [6, 6.07) is 7.21. The summed E-state index contributed by atoms with van der Waals surface area (Å²) in [6.07, 6.45) is 1.80. The second kappa shape index (κ2) is 6.75. The number of imide groups is 1. The van der Waals surface area contributed by atoms with E-state index in [2.05, 4.69) is 25.8 Å². The average Bonchev–Trinajstić information content (AvgIpc) is 3.20. The largest absolute Gasteiger partial charge is 0.411 e. The molecular weight excluding hydrogens is 330 g/mol. The van der Waals surface area contributed by atoms with Crippen molar-refractivity contribution in [1.82, 2.24) is 25.8 Å². The van der Waals surface area contributed by atoms with Crippen molar-refractivity contribution in [3.05, 3.63) is 30.5 Å². The highest BCUT2D eigenvalue weighted by Gasteiger charge is 2.20. The fourth-order valence-corrected chi connectivity index (χ4v) is 2.78. The van der Waals surface area contributed by atoms with Crippen LogP contribution in [0.1, 0.15) is 6.92 Å². The molecule has 2 heterocycles. The van der Waals surface area contributed by atoms with Gasteiger partial charge in [0.1, 0.15) is 0 Å². The van der Waals surface area contributed by atoms with Gasteiger partial charge in [0.05, 0.1) is 10.8 Å². The Balaban J connectivity index is 1.74. The lowest BCUT2D eigenvalue weighted by Crippen LogP contribution is -2.41. The summed E-state index contributed by atoms with van der Waals surface area (Å²) in [7, 11) is 1.44. The van der Waals surface area contributed by atoms with Crippen molar-refractivity contribution in [2.75, 3.05) is 7.05 Å². The molecule has 0 aliphatic carbocycles. The first-order valence-corrected chi connectivity index (χ1v) is 8.05. The third-order valence-electron chi connectivity index (χ3n) is 3.34.